The highest BCUT2D eigenvalue weighted by Gasteiger charge is 2.42. The van der Waals surface area contributed by atoms with Gasteiger partial charge in [-0.3, -0.25) is 0 Å². The number of aliphatic hydroxyl groups is 1. The summed E-state index contributed by atoms with van der Waals surface area (Å²) < 4.78 is 24.0. The van der Waals surface area contributed by atoms with Crippen LogP contribution < -0.4 is 0 Å². The number of hydrogen-bond donors (Lipinski definition) is 1. The van der Waals surface area contributed by atoms with Gasteiger partial charge < -0.3 is 23.1 Å². The van der Waals surface area contributed by atoms with Gasteiger partial charge in [0.15, 0.2) is 0 Å². The molecule has 1 N–H and O–H groups in total. The fraction of sp³-hybridized carbons (Fsp3) is 1.00. The van der Waals surface area contributed by atoms with E-state index in [9.17, 15) is 5.11 Å². The van der Waals surface area contributed by atoms with Crippen molar-refractivity contribution < 1.29 is 23.1 Å². The zero-order valence-corrected chi connectivity index (χ0v) is 17.4. The molecule has 1 aliphatic rings. The molecule has 0 heterocycles. The van der Waals surface area contributed by atoms with Gasteiger partial charge in [0.25, 0.3) is 0 Å². The molecule has 3 unspecified atom stereocenters. The number of hydrogen-bond acceptors (Lipinski definition) is 5. The minimum Gasteiger partial charge on any atom is -0.390 e. The summed E-state index contributed by atoms with van der Waals surface area (Å²) >= 11 is 0. The molecule has 1 saturated carbocycles. The lowest BCUT2D eigenvalue weighted by Gasteiger charge is -2.36. The van der Waals surface area contributed by atoms with Crippen LogP contribution in [-0.2, 0) is 18.0 Å². The molecule has 3 atom stereocenters. The van der Waals surface area contributed by atoms with Gasteiger partial charge in [-0.2, -0.15) is 0 Å². The lowest BCUT2D eigenvalue weighted by atomic mass is 9.83. The van der Waals surface area contributed by atoms with Gasteiger partial charge in [-0.15, -0.1) is 0 Å². The third-order valence-corrected chi connectivity index (χ3v) is 7.50. The van der Waals surface area contributed by atoms with Crippen LogP contribution in [0, 0.1) is 5.92 Å². The van der Waals surface area contributed by atoms with Crippen molar-refractivity contribution in [2.45, 2.75) is 97.7 Å². The van der Waals surface area contributed by atoms with Gasteiger partial charge in [0.2, 0.25) is 0 Å². The molecule has 1 fully saturated rings. The second-order valence-electron chi connectivity index (χ2n) is 7.22. The first-order valence-corrected chi connectivity index (χ1v) is 11.5. The highest BCUT2D eigenvalue weighted by molar-refractivity contribution is 6.60. The average Bonchev–Trinajstić information content (AvgIpc) is 2.47. The SMILES string of the molecule is CCO[Si](CCC1CCC(O)C(OC(C)C)C1)(OCC)OC(C)C. The maximum atomic E-state index is 10.2. The molecule has 0 saturated heterocycles. The van der Waals surface area contributed by atoms with E-state index in [4.69, 9.17) is 18.0 Å². The molecule has 0 spiro atoms. The van der Waals surface area contributed by atoms with E-state index in [0.29, 0.717) is 19.1 Å². The molecule has 0 aromatic heterocycles. The first-order valence-electron chi connectivity index (χ1n) is 9.61. The zero-order chi connectivity index (χ0) is 18.2. The van der Waals surface area contributed by atoms with Crippen molar-refractivity contribution in [3.05, 3.63) is 0 Å². The molecule has 1 rings (SSSR count). The first-order chi connectivity index (χ1) is 11.3. The molecular weight excluding hydrogens is 324 g/mol. The van der Waals surface area contributed by atoms with Crippen molar-refractivity contribution in [3.63, 3.8) is 0 Å². The van der Waals surface area contributed by atoms with Crippen LogP contribution in [0.25, 0.3) is 0 Å². The Kier molecular flexibility index (Phi) is 10.0. The van der Waals surface area contributed by atoms with Gasteiger partial charge in [-0.05, 0) is 73.1 Å². The lowest BCUT2D eigenvalue weighted by Crippen LogP contribution is -2.48. The maximum Gasteiger partial charge on any atom is 0.501 e. The van der Waals surface area contributed by atoms with E-state index >= 15 is 0 Å². The van der Waals surface area contributed by atoms with Crippen molar-refractivity contribution in [3.8, 4) is 0 Å². The molecule has 0 aliphatic heterocycles. The predicted octanol–water partition coefficient (Wildman–Crippen LogP) is 3.77. The predicted molar refractivity (Wildman–Crippen MR) is 98.0 cm³/mol. The molecule has 0 amide bonds. The maximum absolute atomic E-state index is 10.2. The van der Waals surface area contributed by atoms with E-state index in [-0.39, 0.29) is 24.4 Å². The van der Waals surface area contributed by atoms with Gasteiger partial charge in [0.1, 0.15) is 0 Å². The van der Waals surface area contributed by atoms with Gasteiger partial charge >= 0.3 is 8.80 Å². The Balaban J connectivity index is 2.64. The molecule has 6 heteroatoms. The second-order valence-corrected chi connectivity index (χ2v) is 9.90. The van der Waals surface area contributed by atoms with Crippen LogP contribution >= 0.6 is 0 Å². The summed E-state index contributed by atoms with van der Waals surface area (Å²) in [4.78, 5) is 0. The van der Waals surface area contributed by atoms with E-state index < -0.39 is 8.80 Å². The monoisotopic (exact) mass is 362 g/mol. The Bertz CT molecular complexity index is 331. The summed E-state index contributed by atoms with van der Waals surface area (Å²) in [5.74, 6) is 0.528. The van der Waals surface area contributed by atoms with Gasteiger partial charge in [-0.1, -0.05) is 0 Å². The van der Waals surface area contributed by atoms with Crippen LogP contribution in [0.4, 0.5) is 0 Å². The summed E-state index contributed by atoms with van der Waals surface area (Å²) in [6.07, 6.45) is 3.61. The quantitative estimate of drug-likeness (QED) is 0.567. The first kappa shape index (κ1) is 22.1. The Morgan fingerprint density at radius 3 is 2.12 bits per heavy atom. The van der Waals surface area contributed by atoms with E-state index in [1.54, 1.807) is 0 Å². The minimum atomic E-state index is -2.62. The van der Waals surface area contributed by atoms with Crippen molar-refractivity contribution in [1.82, 2.24) is 0 Å². The molecule has 0 aromatic carbocycles. The van der Waals surface area contributed by atoms with Crippen LogP contribution in [0.15, 0.2) is 0 Å². The molecule has 1 aliphatic carbocycles. The minimum absolute atomic E-state index is 0.0509. The second kappa shape index (κ2) is 10.9. The highest BCUT2D eigenvalue weighted by atomic mass is 28.4. The number of ether oxygens (including phenoxy) is 1. The molecular formula is C18H38O5Si. The summed E-state index contributed by atoms with van der Waals surface area (Å²) in [5, 5.41) is 10.2. The smallest absolute Gasteiger partial charge is 0.390 e. The van der Waals surface area contributed by atoms with Crippen LogP contribution in [0.2, 0.25) is 6.04 Å². The largest absolute Gasteiger partial charge is 0.501 e. The van der Waals surface area contributed by atoms with Gasteiger partial charge in [0.05, 0.1) is 18.3 Å². The summed E-state index contributed by atoms with van der Waals surface area (Å²) in [7, 11) is -2.62. The average molecular weight is 363 g/mol. The summed E-state index contributed by atoms with van der Waals surface area (Å²) in [5.41, 5.74) is 0. The van der Waals surface area contributed by atoms with Crippen molar-refractivity contribution >= 4 is 8.80 Å². The molecule has 0 radical (unpaired) electrons. The molecule has 5 nitrogen and oxygen atoms in total. The fourth-order valence-electron chi connectivity index (χ4n) is 3.45. The van der Waals surface area contributed by atoms with E-state index in [1.807, 2.05) is 41.5 Å². The zero-order valence-electron chi connectivity index (χ0n) is 16.4. The molecule has 0 bridgehead atoms. The normalized spacial score (nSPS) is 25.6. The molecule has 0 aromatic rings. The van der Waals surface area contributed by atoms with Crippen molar-refractivity contribution in [2.75, 3.05) is 13.2 Å². The standard InChI is InChI=1S/C18H38O5Si/c1-7-20-24(21-8-2,23-15(5)6)12-11-16-9-10-17(19)18(13-16)22-14(3)4/h14-19H,7-13H2,1-6H3. The fourth-order valence-corrected chi connectivity index (χ4v) is 6.43. The van der Waals surface area contributed by atoms with Gasteiger partial charge in [-0.25, -0.2) is 0 Å². The number of rotatable bonds is 11. The Morgan fingerprint density at radius 2 is 1.62 bits per heavy atom. The van der Waals surface area contributed by atoms with E-state index in [1.165, 1.54) is 0 Å². The Hall–Kier alpha value is 0.0169. The van der Waals surface area contributed by atoms with Crippen LogP contribution in [0.3, 0.4) is 0 Å². The van der Waals surface area contributed by atoms with Crippen molar-refractivity contribution in [2.24, 2.45) is 5.92 Å². The van der Waals surface area contributed by atoms with Crippen molar-refractivity contribution in [1.29, 1.82) is 0 Å². The summed E-state index contributed by atoms with van der Waals surface area (Å²) in [6, 6.07) is 0.835. The number of aliphatic hydroxyl groups excluding tert-OH is 1. The van der Waals surface area contributed by atoms with Crippen LogP contribution in [0.5, 0.6) is 0 Å². The van der Waals surface area contributed by atoms with E-state index in [0.717, 1.165) is 31.7 Å². The van der Waals surface area contributed by atoms with Crippen LogP contribution in [0.1, 0.15) is 67.2 Å². The highest BCUT2D eigenvalue weighted by Crippen LogP contribution is 2.33. The molecule has 144 valence electrons. The molecule has 24 heavy (non-hydrogen) atoms. The Labute approximate surface area is 149 Å². The van der Waals surface area contributed by atoms with Gasteiger partial charge in [0, 0.05) is 25.4 Å². The summed E-state index contributed by atoms with van der Waals surface area (Å²) in [6.45, 7) is 13.3. The third kappa shape index (κ3) is 7.50. The lowest BCUT2D eigenvalue weighted by molar-refractivity contribution is -0.0946. The van der Waals surface area contributed by atoms with E-state index in [2.05, 4.69) is 0 Å². The Morgan fingerprint density at radius 1 is 1.00 bits per heavy atom. The third-order valence-electron chi connectivity index (χ3n) is 4.31. The topological polar surface area (TPSA) is 57.2 Å². The van der Waals surface area contributed by atoms with Crippen LogP contribution in [-0.4, -0.2) is 51.5 Å².